The van der Waals surface area contributed by atoms with Crippen molar-refractivity contribution in [3.8, 4) is 0 Å². The number of hydrogen-bond acceptors (Lipinski definition) is 1. The Hall–Kier alpha value is -1.02. The van der Waals surface area contributed by atoms with Crippen molar-refractivity contribution >= 4 is 24.2 Å². The maximum Gasteiger partial charge on any atom is 0.100 e. The van der Waals surface area contributed by atoms with Crippen molar-refractivity contribution in [2.24, 2.45) is 0 Å². The normalized spacial score (nSPS) is 23.1. The van der Waals surface area contributed by atoms with E-state index in [-0.39, 0.29) is 29.5 Å². The van der Waals surface area contributed by atoms with Gasteiger partial charge in [0, 0.05) is 7.05 Å². The molecule has 3 aliphatic rings. The van der Waals surface area contributed by atoms with E-state index in [0.717, 1.165) is 11.3 Å². The van der Waals surface area contributed by atoms with E-state index in [1.165, 1.54) is 99.3 Å². The van der Waals surface area contributed by atoms with E-state index in [2.05, 4.69) is 102 Å². The first-order valence-corrected chi connectivity index (χ1v) is 19.6. The van der Waals surface area contributed by atoms with Gasteiger partial charge in [-0.3, -0.25) is 0 Å². The second kappa shape index (κ2) is 12.8. The second-order valence-corrected chi connectivity index (χ2v) is 21.0. The lowest BCUT2D eigenvalue weighted by Gasteiger charge is -2.43. The van der Waals surface area contributed by atoms with Crippen LogP contribution in [0.15, 0.2) is 42.5 Å². The first kappa shape index (κ1) is 32.4. The summed E-state index contributed by atoms with van der Waals surface area (Å²) in [5, 5.41) is 1.62. The van der Waals surface area contributed by atoms with Crippen LogP contribution in [0.4, 0.5) is 0 Å². The molecule has 0 amide bonds. The van der Waals surface area contributed by atoms with Gasteiger partial charge in [-0.2, -0.15) is 0 Å². The fourth-order valence-corrected chi connectivity index (χ4v) is 13.5. The van der Waals surface area contributed by atoms with Crippen molar-refractivity contribution in [3.05, 3.63) is 64.7 Å². The average Bonchev–Trinajstić information content (AvgIpc) is 2.97. The molecule has 3 aliphatic carbocycles. The summed E-state index contributed by atoms with van der Waals surface area (Å²) >= 11 is 0. The molecule has 0 aromatic heterocycles. The molecule has 42 heavy (non-hydrogen) atoms. The minimum Gasteiger partial charge on any atom is -0.242 e. The number of hydrogen-bond donors (Lipinski definition) is 0. The van der Waals surface area contributed by atoms with Crippen molar-refractivity contribution in [3.63, 3.8) is 0 Å². The Morgan fingerprint density at radius 1 is 0.786 bits per heavy atom. The Balaban J connectivity index is 1.69. The highest BCUT2D eigenvalue weighted by atomic mass is 32.2. The zero-order valence-electron chi connectivity index (χ0n) is 28.0. The van der Waals surface area contributed by atoms with E-state index >= 15 is 0 Å². The highest BCUT2D eigenvalue weighted by Gasteiger charge is 2.40. The Morgan fingerprint density at radius 2 is 1.31 bits per heavy atom. The zero-order chi connectivity index (χ0) is 30.3. The molecule has 0 spiro atoms. The van der Waals surface area contributed by atoms with Crippen LogP contribution >= 0.6 is 7.92 Å². The first-order chi connectivity index (χ1) is 19.8. The molecule has 1 unspecified atom stereocenters. The molecule has 0 radical (unpaired) electrons. The molecule has 0 saturated heterocycles. The summed E-state index contributed by atoms with van der Waals surface area (Å²) in [6.07, 6.45) is 16.4. The summed E-state index contributed by atoms with van der Waals surface area (Å²) in [4.78, 5) is 0. The predicted molar refractivity (Wildman–Crippen MR) is 186 cm³/mol. The van der Waals surface area contributed by atoms with Crippen molar-refractivity contribution in [2.45, 2.75) is 158 Å². The summed E-state index contributed by atoms with van der Waals surface area (Å²) in [7, 11) is 0.709. The van der Waals surface area contributed by atoms with Crippen LogP contribution in [-0.2, 0) is 21.8 Å². The molecule has 4 heteroatoms. The molecule has 2 nitrogen and oxygen atoms in total. The smallest absolute Gasteiger partial charge is 0.100 e. The largest absolute Gasteiger partial charge is 0.242 e. The Labute approximate surface area is 262 Å². The molecule has 2 saturated carbocycles. The third-order valence-electron chi connectivity index (χ3n) is 10.8. The van der Waals surface area contributed by atoms with Gasteiger partial charge in [0.2, 0.25) is 0 Å². The van der Waals surface area contributed by atoms with Crippen LogP contribution in [-0.4, -0.2) is 31.6 Å². The van der Waals surface area contributed by atoms with E-state index < -0.39 is 11.0 Å². The number of nitrogens with zero attached hydrogens (tertiary/aromatic N) is 1. The van der Waals surface area contributed by atoms with Gasteiger partial charge in [0.05, 0.1) is 10.8 Å². The van der Waals surface area contributed by atoms with E-state index in [0.29, 0.717) is 0 Å². The van der Waals surface area contributed by atoms with Crippen molar-refractivity contribution < 1.29 is 4.21 Å². The molecule has 2 fully saturated rings. The predicted octanol–water partition coefficient (Wildman–Crippen LogP) is 10.3. The SMILES string of the molecule is CN([C@@H](c1ccc2c(c1)C(C)(C)CCC2(C)C)c1ccccc1P(C1CCCCC1)C1CCCCC1)S(=O)C(C)(C)C. The Bertz CT molecular complexity index is 1230. The molecule has 5 rings (SSSR count). The first-order valence-electron chi connectivity index (χ1n) is 17.0. The molecule has 0 aliphatic heterocycles. The molecule has 2 aromatic rings. The lowest BCUT2D eigenvalue weighted by atomic mass is 9.63. The van der Waals surface area contributed by atoms with Gasteiger partial charge in [-0.05, 0) is 109 Å². The van der Waals surface area contributed by atoms with Gasteiger partial charge in [-0.1, -0.05) is 117 Å². The highest BCUT2D eigenvalue weighted by molar-refractivity contribution is 7.84. The summed E-state index contributed by atoms with van der Waals surface area (Å²) in [5.41, 5.74) is 7.73. The van der Waals surface area contributed by atoms with Crippen LogP contribution in [0.1, 0.15) is 154 Å². The molecule has 2 aromatic carbocycles. The third-order valence-corrected chi connectivity index (χ3v) is 16.1. The van der Waals surface area contributed by atoms with Gasteiger partial charge in [-0.15, -0.1) is 0 Å². The lowest BCUT2D eigenvalue weighted by molar-refractivity contribution is 0.330. The Kier molecular flexibility index (Phi) is 9.84. The molecule has 0 bridgehead atoms. The quantitative estimate of drug-likeness (QED) is 0.287. The Morgan fingerprint density at radius 3 is 1.86 bits per heavy atom. The summed E-state index contributed by atoms with van der Waals surface area (Å²) in [5.74, 6) is 0. The molecular weight excluding hydrogens is 549 g/mol. The minimum atomic E-state index is -1.14. The van der Waals surface area contributed by atoms with Crippen LogP contribution < -0.4 is 5.30 Å². The van der Waals surface area contributed by atoms with E-state index in [1.807, 2.05) is 0 Å². The van der Waals surface area contributed by atoms with Gasteiger partial charge < -0.3 is 0 Å². The van der Waals surface area contributed by atoms with Gasteiger partial charge >= 0.3 is 0 Å². The fraction of sp³-hybridized carbons (Fsp3) is 0.684. The number of rotatable bonds is 7. The maximum absolute atomic E-state index is 14.2. The zero-order valence-corrected chi connectivity index (χ0v) is 29.7. The summed E-state index contributed by atoms with van der Waals surface area (Å²) in [6.45, 7) is 16.0. The third kappa shape index (κ3) is 6.65. The number of fused-ring (bicyclic) bond motifs is 1. The van der Waals surface area contributed by atoms with E-state index in [1.54, 1.807) is 5.30 Å². The monoisotopic (exact) mass is 607 g/mol. The van der Waals surface area contributed by atoms with E-state index in [4.69, 9.17) is 0 Å². The van der Waals surface area contributed by atoms with Crippen LogP contribution in [0, 0.1) is 0 Å². The van der Waals surface area contributed by atoms with Gasteiger partial charge in [0.15, 0.2) is 0 Å². The standard InChI is InChI=1S/C38H58NOPS/c1-36(2,3)42(40)39(8)35(28-23-24-32-33(27-28)38(6,7)26-25-37(32,4)5)31-21-15-16-22-34(31)41(29-17-11-9-12-18-29)30-19-13-10-14-20-30/h15-16,21-24,27,29-30,35H,9-14,17-20,25-26H2,1-8H3/t35-,42?/m0/s1. The summed E-state index contributed by atoms with van der Waals surface area (Å²) in [6, 6.07) is 16.8. The van der Waals surface area contributed by atoms with Crippen molar-refractivity contribution in [2.75, 3.05) is 7.05 Å². The van der Waals surface area contributed by atoms with Gasteiger partial charge in [-0.25, -0.2) is 8.51 Å². The summed E-state index contributed by atoms with van der Waals surface area (Å²) < 4.78 is 16.1. The minimum absolute atomic E-state index is 0.0235. The fourth-order valence-electron chi connectivity index (χ4n) is 8.25. The van der Waals surface area contributed by atoms with Crippen LogP contribution in [0.2, 0.25) is 0 Å². The molecule has 0 heterocycles. The molecular formula is C38H58NOPS. The van der Waals surface area contributed by atoms with Gasteiger partial charge in [0.25, 0.3) is 0 Å². The lowest BCUT2D eigenvalue weighted by Crippen LogP contribution is -2.40. The second-order valence-electron chi connectivity index (χ2n) is 15.9. The van der Waals surface area contributed by atoms with Crippen LogP contribution in [0.25, 0.3) is 0 Å². The van der Waals surface area contributed by atoms with Crippen molar-refractivity contribution in [1.29, 1.82) is 0 Å². The molecule has 2 atom stereocenters. The maximum atomic E-state index is 14.2. The van der Waals surface area contributed by atoms with Crippen LogP contribution in [0.3, 0.4) is 0 Å². The molecule has 0 N–H and O–H groups in total. The average molecular weight is 608 g/mol. The topological polar surface area (TPSA) is 20.3 Å². The molecule has 232 valence electrons. The highest BCUT2D eigenvalue weighted by Crippen LogP contribution is 2.56. The van der Waals surface area contributed by atoms with Crippen LogP contribution in [0.5, 0.6) is 0 Å². The number of benzene rings is 2. The van der Waals surface area contributed by atoms with Crippen molar-refractivity contribution in [1.82, 2.24) is 4.31 Å². The van der Waals surface area contributed by atoms with E-state index in [9.17, 15) is 4.21 Å². The van der Waals surface area contributed by atoms with Gasteiger partial charge in [0.1, 0.15) is 11.0 Å².